The van der Waals surface area contributed by atoms with E-state index in [9.17, 15) is 9.59 Å². The molecule has 0 N–H and O–H groups in total. The van der Waals surface area contributed by atoms with Gasteiger partial charge in [-0.25, -0.2) is 0 Å². The molecule has 3 saturated heterocycles. The van der Waals surface area contributed by atoms with Crippen molar-refractivity contribution in [2.75, 3.05) is 13.1 Å². The summed E-state index contributed by atoms with van der Waals surface area (Å²) >= 11 is 0. The van der Waals surface area contributed by atoms with E-state index in [1.165, 1.54) is 19.3 Å². The smallest absolute Gasteiger partial charge is 0.182 e. The van der Waals surface area contributed by atoms with E-state index in [2.05, 4.69) is 41.3 Å². The van der Waals surface area contributed by atoms with Crippen molar-refractivity contribution in [3.05, 3.63) is 46.7 Å². The largest absolute Gasteiger partial charge is 0.369 e. The number of fused-ring (bicyclic) bond motifs is 8. The van der Waals surface area contributed by atoms with Gasteiger partial charge in [0.15, 0.2) is 11.6 Å². The normalized spacial score (nSPS) is 36.9. The van der Waals surface area contributed by atoms with Crippen LogP contribution in [0.5, 0.6) is 0 Å². The van der Waals surface area contributed by atoms with Gasteiger partial charge in [-0.2, -0.15) is 0 Å². The summed E-state index contributed by atoms with van der Waals surface area (Å²) in [5.74, 6) is 3.26. The number of hydrogen-bond acceptors (Lipinski definition) is 3. The zero-order valence-electron chi connectivity index (χ0n) is 16.3. The van der Waals surface area contributed by atoms with E-state index in [1.807, 2.05) is 0 Å². The van der Waals surface area contributed by atoms with E-state index in [-0.39, 0.29) is 5.92 Å². The summed E-state index contributed by atoms with van der Waals surface area (Å²) in [5, 5.41) is 0. The summed E-state index contributed by atoms with van der Waals surface area (Å²) in [6.07, 6.45) is 11.2. The van der Waals surface area contributed by atoms with E-state index < -0.39 is 0 Å². The van der Waals surface area contributed by atoms with Crippen molar-refractivity contribution in [3.63, 3.8) is 0 Å². The molecule has 0 aromatic heterocycles. The number of nitrogens with zero attached hydrogens (tertiary/aromatic N) is 1. The Morgan fingerprint density at radius 1 is 0.786 bits per heavy atom. The Morgan fingerprint density at radius 3 is 2.11 bits per heavy atom. The molecule has 4 bridgehead atoms. The van der Waals surface area contributed by atoms with Crippen LogP contribution < -0.4 is 0 Å². The van der Waals surface area contributed by atoms with Crippen molar-refractivity contribution in [1.29, 1.82) is 0 Å². The highest BCUT2D eigenvalue weighted by Crippen LogP contribution is 2.59. The Labute approximate surface area is 166 Å². The lowest BCUT2D eigenvalue weighted by molar-refractivity contribution is -0.125. The van der Waals surface area contributed by atoms with Gasteiger partial charge in [0.05, 0.1) is 5.70 Å². The zero-order chi connectivity index (χ0) is 18.8. The standard InChI is InChI=1S/C25H27NO2/c27-24-17-8-10-26(11-9-17)23(24)13-16-6-4-15(5-7-16)12-21-20-14-22(25(21)28)19-3-1-2-18(19)20/h4-7,12-13,17-20,22H,1-3,8-11,14H2/b21-12?,23-13+. The number of hydrogen-bond donors (Lipinski definition) is 0. The molecule has 3 heterocycles. The summed E-state index contributed by atoms with van der Waals surface area (Å²) in [6, 6.07) is 8.38. The van der Waals surface area contributed by atoms with Crippen LogP contribution in [0.2, 0.25) is 0 Å². The second-order valence-electron chi connectivity index (χ2n) is 9.49. The van der Waals surface area contributed by atoms with Crippen LogP contribution in [0.25, 0.3) is 12.2 Å². The number of benzene rings is 1. The molecule has 0 amide bonds. The molecule has 3 aliphatic carbocycles. The maximum absolute atomic E-state index is 12.8. The van der Waals surface area contributed by atoms with E-state index >= 15 is 0 Å². The van der Waals surface area contributed by atoms with Gasteiger partial charge in [-0.1, -0.05) is 30.7 Å². The van der Waals surface area contributed by atoms with E-state index in [0.717, 1.165) is 60.7 Å². The SMILES string of the molecule is O=C1/C(=C\c2ccc(C=C3C(=O)C4CC3C3CCCC43)cc2)N2CCC1CC2. The van der Waals surface area contributed by atoms with Gasteiger partial charge in [0.25, 0.3) is 0 Å². The van der Waals surface area contributed by atoms with Crippen molar-refractivity contribution in [2.45, 2.75) is 38.5 Å². The van der Waals surface area contributed by atoms with Gasteiger partial charge in [-0.05, 0) is 78.7 Å². The summed E-state index contributed by atoms with van der Waals surface area (Å²) in [6.45, 7) is 2.03. The number of ketones is 2. The lowest BCUT2D eigenvalue weighted by Crippen LogP contribution is -2.45. The maximum Gasteiger partial charge on any atom is 0.182 e. The zero-order valence-corrected chi connectivity index (χ0v) is 16.3. The third kappa shape index (κ3) is 2.41. The molecule has 1 aromatic rings. The minimum absolute atomic E-state index is 0.239. The van der Waals surface area contributed by atoms with Crippen LogP contribution in [0.3, 0.4) is 0 Å². The minimum Gasteiger partial charge on any atom is -0.369 e. The Bertz CT molecular complexity index is 901. The van der Waals surface area contributed by atoms with Crippen molar-refractivity contribution in [3.8, 4) is 0 Å². The van der Waals surface area contributed by atoms with Crippen molar-refractivity contribution in [2.24, 2.45) is 29.6 Å². The quantitative estimate of drug-likeness (QED) is 0.724. The lowest BCUT2D eigenvalue weighted by atomic mass is 9.78. The number of Topliss-reactive ketones (excluding diaryl/α,β-unsaturated/α-hetero) is 2. The number of allylic oxidation sites excluding steroid dienone is 2. The van der Waals surface area contributed by atoms with Crippen LogP contribution in [0, 0.1) is 29.6 Å². The molecule has 3 nitrogen and oxygen atoms in total. The van der Waals surface area contributed by atoms with Crippen LogP contribution >= 0.6 is 0 Å². The molecule has 6 aliphatic rings. The summed E-state index contributed by atoms with van der Waals surface area (Å²) in [5.41, 5.74) is 4.17. The second-order valence-corrected chi connectivity index (χ2v) is 9.49. The molecule has 4 unspecified atom stereocenters. The van der Waals surface area contributed by atoms with Crippen molar-refractivity contribution < 1.29 is 9.59 Å². The van der Waals surface area contributed by atoms with Crippen LogP contribution in [0.15, 0.2) is 35.5 Å². The van der Waals surface area contributed by atoms with E-state index in [1.54, 1.807) is 0 Å². The Kier molecular flexibility index (Phi) is 3.69. The van der Waals surface area contributed by atoms with Gasteiger partial charge in [-0.15, -0.1) is 0 Å². The summed E-state index contributed by atoms with van der Waals surface area (Å²) in [7, 11) is 0. The van der Waals surface area contributed by atoms with Crippen molar-refractivity contribution >= 4 is 23.7 Å². The fourth-order valence-corrected chi connectivity index (χ4v) is 6.81. The molecule has 1 aromatic carbocycles. The molecule has 3 aliphatic heterocycles. The number of piperidine rings is 3. The molecule has 7 rings (SSSR count). The molecule has 144 valence electrons. The van der Waals surface area contributed by atoms with Crippen LogP contribution in [-0.4, -0.2) is 29.6 Å². The fraction of sp³-hybridized carbons (Fsp3) is 0.520. The topological polar surface area (TPSA) is 37.4 Å². The lowest BCUT2D eigenvalue weighted by Gasteiger charge is -2.41. The van der Waals surface area contributed by atoms with Gasteiger partial charge >= 0.3 is 0 Å². The molecule has 28 heavy (non-hydrogen) atoms. The third-order valence-corrected chi connectivity index (χ3v) is 8.21. The first-order valence-corrected chi connectivity index (χ1v) is 11.1. The fourth-order valence-electron chi connectivity index (χ4n) is 6.81. The first kappa shape index (κ1) is 16.8. The van der Waals surface area contributed by atoms with Gasteiger partial charge in [-0.3, -0.25) is 9.59 Å². The van der Waals surface area contributed by atoms with Gasteiger partial charge < -0.3 is 4.90 Å². The Morgan fingerprint density at radius 2 is 1.43 bits per heavy atom. The predicted octanol–water partition coefficient (Wildman–Crippen LogP) is 4.34. The van der Waals surface area contributed by atoms with Gasteiger partial charge in [0.1, 0.15) is 0 Å². The Hall–Kier alpha value is -2.16. The molecular weight excluding hydrogens is 346 g/mol. The molecule has 6 fully saturated rings. The average molecular weight is 373 g/mol. The highest BCUT2D eigenvalue weighted by Gasteiger charge is 2.56. The first-order chi connectivity index (χ1) is 13.7. The number of carbonyl (C=O) groups excluding carboxylic acids is 2. The van der Waals surface area contributed by atoms with Crippen LogP contribution in [0.4, 0.5) is 0 Å². The minimum atomic E-state index is 0.239. The monoisotopic (exact) mass is 373 g/mol. The number of carbonyl (C=O) groups is 2. The second kappa shape index (κ2) is 6.17. The van der Waals surface area contributed by atoms with Crippen molar-refractivity contribution in [1.82, 2.24) is 4.90 Å². The third-order valence-electron chi connectivity index (χ3n) is 8.21. The first-order valence-electron chi connectivity index (χ1n) is 11.1. The molecule has 4 atom stereocenters. The number of rotatable bonds is 2. The highest BCUT2D eigenvalue weighted by molar-refractivity contribution is 6.05. The van der Waals surface area contributed by atoms with Gasteiger partial charge in [0.2, 0.25) is 0 Å². The van der Waals surface area contributed by atoms with Gasteiger partial charge in [0, 0.05) is 24.9 Å². The van der Waals surface area contributed by atoms with E-state index in [0.29, 0.717) is 29.3 Å². The van der Waals surface area contributed by atoms with Crippen LogP contribution in [0.1, 0.15) is 49.7 Å². The average Bonchev–Trinajstić information content (AvgIpc) is 3.40. The predicted molar refractivity (Wildman–Crippen MR) is 109 cm³/mol. The molecule has 0 radical (unpaired) electrons. The molecular formula is C25H27NO2. The summed E-state index contributed by atoms with van der Waals surface area (Å²) < 4.78 is 0. The highest BCUT2D eigenvalue weighted by atomic mass is 16.1. The Balaban J connectivity index is 1.25. The molecule has 3 saturated carbocycles. The molecule has 3 heteroatoms. The maximum atomic E-state index is 12.8. The molecule has 0 spiro atoms. The van der Waals surface area contributed by atoms with Crippen LogP contribution in [-0.2, 0) is 9.59 Å². The van der Waals surface area contributed by atoms with E-state index in [4.69, 9.17) is 0 Å². The summed E-state index contributed by atoms with van der Waals surface area (Å²) in [4.78, 5) is 27.6.